The van der Waals surface area contributed by atoms with Crippen LogP contribution < -0.4 is 0 Å². The molecule has 2 aromatic rings. The zero-order valence-corrected chi connectivity index (χ0v) is 10.3. The fourth-order valence-electron chi connectivity index (χ4n) is 2.27. The lowest BCUT2D eigenvalue weighted by Crippen LogP contribution is -2.29. The molecule has 20 heavy (non-hydrogen) atoms. The highest BCUT2D eigenvalue weighted by Gasteiger charge is 2.34. The van der Waals surface area contributed by atoms with Gasteiger partial charge in [0.1, 0.15) is 11.6 Å². The summed E-state index contributed by atoms with van der Waals surface area (Å²) < 4.78 is 26.3. The van der Waals surface area contributed by atoms with Crippen molar-refractivity contribution in [3.8, 4) is 0 Å². The van der Waals surface area contributed by atoms with Crippen molar-refractivity contribution >= 4 is 11.8 Å². The van der Waals surface area contributed by atoms with E-state index in [4.69, 9.17) is 0 Å². The van der Waals surface area contributed by atoms with Crippen molar-refractivity contribution in [2.75, 3.05) is 0 Å². The summed E-state index contributed by atoms with van der Waals surface area (Å²) in [5.41, 5.74) is 0.862. The molecule has 0 bridgehead atoms. The highest BCUT2D eigenvalue weighted by molar-refractivity contribution is 6.21. The predicted octanol–water partition coefficient (Wildman–Crippen LogP) is 2.76. The van der Waals surface area contributed by atoms with Gasteiger partial charge in [0.25, 0.3) is 11.8 Å². The molecule has 0 saturated carbocycles. The van der Waals surface area contributed by atoms with Crippen LogP contribution in [0.15, 0.2) is 42.5 Å². The van der Waals surface area contributed by atoms with E-state index in [0.29, 0.717) is 11.1 Å². The Hall–Kier alpha value is -2.56. The van der Waals surface area contributed by atoms with Crippen LogP contribution >= 0.6 is 0 Å². The maximum Gasteiger partial charge on any atom is 0.261 e. The number of amides is 2. The van der Waals surface area contributed by atoms with Gasteiger partial charge in [-0.25, -0.2) is 8.78 Å². The van der Waals surface area contributed by atoms with Gasteiger partial charge in [-0.15, -0.1) is 0 Å². The van der Waals surface area contributed by atoms with Gasteiger partial charge in [0, 0.05) is 6.07 Å². The van der Waals surface area contributed by atoms with E-state index >= 15 is 0 Å². The molecule has 1 aliphatic rings. The number of carbonyl (C=O) groups is 2. The van der Waals surface area contributed by atoms with Crippen LogP contribution in [0.2, 0.25) is 0 Å². The van der Waals surface area contributed by atoms with E-state index in [9.17, 15) is 18.4 Å². The van der Waals surface area contributed by atoms with Gasteiger partial charge in [0.15, 0.2) is 0 Å². The summed E-state index contributed by atoms with van der Waals surface area (Å²) in [6.07, 6.45) is 0. The number of halogens is 2. The molecule has 100 valence electrons. The van der Waals surface area contributed by atoms with Gasteiger partial charge >= 0.3 is 0 Å². The normalized spacial score (nSPS) is 13.8. The van der Waals surface area contributed by atoms with Gasteiger partial charge in [0.2, 0.25) is 0 Å². The number of imide groups is 1. The molecule has 3 rings (SSSR count). The van der Waals surface area contributed by atoms with Crippen LogP contribution in [0.1, 0.15) is 26.3 Å². The Morgan fingerprint density at radius 2 is 1.35 bits per heavy atom. The van der Waals surface area contributed by atoms with Gasteiger partial charge in [-0.2, -0.15) is 0 Å². The first-order chi connectivity index (χ1) is 9.56. The van der Waals surface area contributed by atoms with Gasteiger partial charge in [-0.3, -0.25) is 14.5 Å². The van der Waals surface area contributed by atoms with Crippen molar-refractivity contribution in [3.05, 3.63) is 70.8 Å². The molecular weight excluding hydrogens is 264 g/mol. The van der Waals surface area contributed by atoms with Crippen LogP contribution in [0, 0.1) is 11.6 Å². The van der Waals surface area contributed by atoms with Crippen LogP contribution in [0.3, 0.4) is 0 Å². The Balaban J connectivity index is 1.93. The topological polar surface area (TPSA) is 37.4 Å². The predicted molar refractivity (Wildman–Crippen MR) is 67.0 cm³/mol. The molecule has 0 aliphatic carbocycles. The highest BCUT2D eigenvalue weighted by Crippen LogP contribution is 2.24. The molecule has 0 unspecified atom stereocenters. The largest absolute Gasteiger partial charge is 0.270 e. The van der Waals surface area contributed by atoms with Crippen molar-refractivity contribution in [2.24, 2.45) is 0 Å². The Morgan fingerprint density at radius 1 is 0.850 bits per heavy atom. The summed E-state index contributed by atoms with van der Waals surface area (Å²) >= 11 is 0. The van der Waals surface area contributed by atoms with Crippen LogP contribution in [-0.4, -0.2) is 16.7 Å². The molecule has 5 heteroatoms. The molecular formula is C15H9F2NO2. The lowest BCUT2D eigenvalue weighted by Gasteiger charge is -2.13. The molecule has 0 atom stereocenters. The Labute approximate surface area is 113 Å². The third-order valence-corrected chi connectivity index (χ3v) is 3.14. The SMILES string of the molecule is O=C1c2ccccc2C(=O)N1Cc1cc(F)cc(F)c1. The first-order valence-electron chi connectivity index (χ1n) is 5.96. The highest BCUT2D eigenvalue weighted by atomic mass is 19.1. The van der Waals surface area contributed by atoms with E-state index in [2.05, 4.69) is 0 Å². The molecule has 0 saturated heterocycles. The van der Waals surface area contributed by atoms with Gasteiger partial charge in [-0.1, -0.05) is 12.1 Å². The van der Waals surface area contributed by atoms with Crippen molar-refractivity contribution < 1.29 is 18.4 Å². The summed E-state index contributed by atoms with van der Waals surface area (Å²) in [6.45, 7) is -0.152. The summed E-state index contributed by atoms with van der Waals surface area (Å²) in [5.74, 6) is -2.38. The quantitative estimate of drug-likeness (QED) is 0.789. The minimum Gasteiger partial charge on any atom is -0.270 e. The minimum absolute atomic E-state index is 0.152. The fourth-order valence-corrected chi connectivity index (χ4v) is 2.27. The van der Waals surface area contributed by atoms with Gasteiger partial charge in [-0.05, 0) is 29.8 Å². The second-order valence-electron chi connectivity index (χ2n) is 4.52. The molecule has 0 radical (unpaired) electrons. The minimum atomic E-state index is -0.739. The van der Waals surface area contributed by atoms with Crippen molar-refractivity contribution in [1.82, 2.24) is 4.90 Å². The lowest BCUT2D eigenvalue weighted by molar-refractivity contribution is 0.0642. The standard InChI is InChI=1S/C15H9F2NO2/c16-10-5-9(6-11(17)7-10)8-18-14(19)12-3-1-2-4-13(12)15(18)20/h1-7H,8H2. The third-order valence-electron chi connectivity index (χ3n) is 3.14. The van der Waals surface area contributed by atoms with Crippen LogP contribution in [-0.2, 0) is 6.54 Å². The van der Waals surface area contributed by atoms with Crippen LogP contribution in [0.4, 0.5) is 8.78 Å². The Bertz CT molecular complexity index is 672. The maximum atomic E-state index is 13.1. The maximum absolute atomic E-state index is 13.1. The lowest BCUT2D eigenvalue weighted by atomic mass is 10.1. The van der Waals surface area contributed by atoms with E-state index in [-0.39, 0.29) is 12.1 Å². The van der Waals surface area contributed by atoms with Crippen molar-refractivity contribution in [3.63, 3.8) is 0 Å². The van der Waals surface area contributed by atoms with Crippen molar-refractivity contribution in [1.29, 1.82) is 0 Å². The average Bonchev–Trinajstić information content (AvgIpc) is 2.64. The third kappa shape index (κ3) is 1.97. The number of hydrogen-bond acceptors (Lipinski definition) is 2. The molecule has 0 fully saturated rings. The fraction of sp³-hybridized carbons (Fsp3) is 0.0667. The molecule has 1 aliphatic heterocycles. The van der Waals surface area contributed by atoms with Crippen LogP contribution in [0.5, 0.6) is 0 Å². The molecule has 0 N–H and O–H groups in total. The molecule has 0 aromatic heterocycles. The van der Waals surface area contributed by atoms with Crippen LogP contribution in [0.25, 0.3) is 0 Å². The second kappa shape index (κ2) is 4.52. The molecule has 1 heterocycles. The molecule has 0 spiro atoms. The first-order valence-corrected chi connectivity index (χ1v) is 5.96. The number of nitrogens with zero attached hydrogens (tertiary/aromatic N) is 1. The summed E-state index contributed by atoms with van der Waals surface area (Å²) in [7, 11) is 0. The molecule has 3 nitrogen and oxygen atoms in total. The smallest absolute Gasteiger partial charge is 0.261 e. The van der Waals surface area contributed by atoms with E-state index in [0.717, 1.165) is 23.1 Å². The zero-order chi connectivity index (χ0) is 14.3. The first kappa shape index (κ1) is 12.5. The van der Waals surface area contributed by atoms with Crippen molar-refractivity contribution in [2.45, 2.75) is 6.54 Å². The van der Waals surface area contributed by atoms with Gasteiger partial charge in [0.05, 0.1) is 17.7 Å². The number of hydrogen-bond donors (Lipinski definition) is 0. The number of benzene rings is 2. The van der Waals surface area contributed by atoms with E-state index in [1.807, 2.05) is 0 Å². The number of fused-ring (bicyclic) bond motifs is 1. The number of carbonyl (C=O) groups excluding carboxylic acids is 2. The molecule has 2 amide bonds. The second-order valence-corrected chi connectivity index (χ2v) is 4.52. The summed E-state index contributed by atoms with van der Waals surface area (Å²) in [5, 5.41) is 0. The van der Waals surface area contributed by atoms with Gasteiger partial charge < -0.3 is 0 Å². The summed E-state index contributed by atoms with van der Waals surface area (Å²) in [6, 6.07) is 9.39. The Morgan fingerprint density at radius 3 is 1.85 bits per heavy atom. The number of rotatable bonds is 2. The van der Waals surface area contributed by atoms with E-state index in [1.165, 1.54) is 0 Å². The van der Waals surface area contributed by atoms with E-state index in [1.54, 1.807) is 24.3 Å². The zero-order valence-electron chi connectivity index (χ0n) is 10.3. The molecule has 2 aromatic carbocycles. The monoisotopic (exact) mass is 273 g/mol. The average molecular weight is 273 g/mol. The Kier molecular flexibility index (Phi) is 2.82. The van der Waals surface area contributed by atoms with E-state index < -0.39 is 23.4 Å². The summed E-state index contributed by atoms with van der Waals surface area (Å²) in [4.78, 5) is 25.2.